The van der Waals surface area contributed by atoms with Crippen LogP contribution in [0.25, 0.3) is 5.69 Å². The fourth-order valence-corrected chi connectivity index (χ4v) is 3.20. The molecule has 1 aromatic heterocycles. The molecule has 2 N–H and O–H groups in total. The van der Waals surface area contributed by atoms with Gasteiger partial charge in [0, 0.05) is 17.4 Å². The molecule has 4 heteroatoms. The Hall–Kier alpha value is -1.32. The molecule has 1 atom stereocenters. The van der Waals surface area contributed by atoms with Crippen LogP contribution < -0.4 is 5.73 Å². The van der Waals surface area contributed by atoms with Crippen LogP contribution in [0.3, 0.4) is 0 Å². The first-order chi connectivity index (χ1) is 9.09. The Morgan fingerprint density at radius 2 is 2.21 bits per heavy atom. The van der Waals surface area contributed by atoms with Gasteiger partial charge in [0.2, 0.25) is 0 Å². The molecule has 3 rings (SSSR count). The first-order valence-corrected chi connectivity index (χ1v) is 6.88. The van der Waals surface area contributed by atoms with Crippen molar-refractivity contribution in [1.29, 1.82) is 0 Å². The van der Waals surface area contributed by atoms with E-state index >= 15 is 0 Å². The van der Waals surface area contributed by atoms with Gasteiger partial charge in [-0.1, -0.05) is 17.7 Å². The monoisotopic (exact) mass is 278 g/mol. The molecule has 0 saturated carbocycles. The Kier molecular flexibility index (Phi) is 3.11. The van der Waals surface area contributed by atoms with Crippen molar-refractivity contribution in [3.63, 3.8) is 0 Å². The van der Waals surface area contributed by atoms with Crippen LogP contribution in [0.1, 0.15) is 35.8 Å². The molecule has 1 heterocycles. The molecule has 100 valence electrons. The number of aryl methyl sites for hydroxylation is 1. The second-order valence-corrected chi connectivity index (χ2v) is 5.50. The maximum Gasteiger partial charge on any atom is 0.148 e. The zero-order chi connectivity index (χ0) is 13.6. The second kappa shape index (κ2) is 4.66. The van der Waals surface area contributed by atoms with Crippen molar-refractivity contribution in [3.05, 3.63) is 52.1 Å². The Bertz CT molecular complexity index is 613. The highest BCUT2D eigenvalue weighted by Crippen LogP contribution is 2.35. The van der Waals surface area contributed by atoms with Crippen molar-refractivity contribution in [1.82, 2.24) is 4.57 Å². The summed E-state index contributed by atoms with van der Waals surface area (Å²) in [5.41, 5.74) is 9.79. The van der Waals surface area contributed by atoms with E-state index in [-0.39, 0.29) is 11.9 Å². The molecule has 2 aromatic rings. The zero-order valence-electron chi connectivity index (χ0n) is 10.8. The third-order valence-corrected chi connectivity index (χ3v) is 4.11. The first kappa shape index (κ1) is 12.7. The van der Waals surface area contributed by atoms with Crippen LogP contribution in [0.4, 0.5) is 4.39 Å². The summed E-state index contributed by atoms with van der Waals surface area (Å²) in [5.74, 6) is -0.298. The smallest absolute Gasteiger partial charge is 0.148 e. The van der Waals surface area contributed by atoms with Gasteiger partial charge in [-0.3, -0.25) is 0 Å². The molecule has 0 saturated heterocycles. The number of nitrogens with two attached hydrogens (primary N) is 1. The number of fused-ring (bicyclic) bond motifs is 1. The molecule has 0 radical (unpaired) electrons. The van der Waals surface area contributed by atoms with Gasteiger partial charge in [-0.05, 0) is 49.9 Å². The van der Waals surface area contributed by atoms with Gasteiger partial charge in [0.25, 0.3) is 0 Å². The van der Waals surface area contributed by atoms with Gasteiger partial charge in [-0.15, -0.1) is 0 Å². The van der Waals surface area contributed by atoms with E-state index in [0.29, 0.717) is 10.7 Å². The molecule has 0 bridgehead atoms. The lowest BCUT2D eigenvalue weighted by molar-refractivity contribution is 0.555. The minimum Gasteiger partial charge on any atom is -0.324 e. The quantitative estimate of drug-likeness (QED) is 0.842. The third kappa shape index (κ3) is 1.97. The molecule has 0 fully saturated rings. The lowest BCUT2D eigenvalue weighted by atomic mass is 9.93. The van der Waals surface area contributed by atoms with Gasteiger partial charge in [0.15, 0.2) is 0 Å². The van der Waals surface area contributed by atoms with Gasteiger partial charge in [-0.2, -0.15) is 0 Å². The van der Waals surface area contributed by atoms with Crippen LogP contribution in [-0.4, -0.2) is 4.57 Å². The number of hydrogen-bond donors (Lipinski definition) is 1. The normalized spacial score (nSPS) is 18.4. The molecular formula is C15H16ClFN2. The highest BCUT2D eigenvalue weighted by molar-refractivity contribution is 6.32. The number of hydrogen-bond acceptors (Lipinski definition) is 1. The minimum atomic E-state index is -0.298. The van der Waals surface area contributed by atoms with Crippen LogP contribution in [0.2, 0.25) is 5.02 Å². The largest absolute Gasteiger partial charge is 0.324 e. The summed E-state index contributed by atoms with van der Waals surface area (Å²) in [6.07, 6.45) is 2.94. The van der Waals surface area contributed by atoms with Crippen LogP contribution in [0.5, 0.6) is 0 Å². The summed E-state index contributed by atoms with van der Waals surface area (Å²) in [6, 6.07) is 6.89. The molecule has 2 nitrogen and oxygen atoms in total. The molecule has 1 aliphatic rings. The van der Waals surface area contributed by atoms with Crippen molar-refractivity contribution in [2.75, 3.05) is 0 Å². The number of halogens is 2. The number of para-hydroxylation sites is 1. The SMILES string of the molecule is Cc1cc2c(n1-c1c(F)cccc1Cl)CCCC2N. The Morgan fingerprint density at radius 3 is 2.95 bits per heavy atom. The van der Waals surface area contributed by atoms with Gasteiger partial charge in [0.05, 0.1) is 5.02 Å². The highest BCUT2D eigenvalue weighted by Gasteiger charge is 2.24. The van der Waals surface area contributed by atoms with E-state index < -0.39 is 0 Å². The van der Waals surface area contributed by atoms with Gasteiger partial charge in [0.1, 0.15) is 11.5 Å². The lowest BCUT2D eigenvalue weighted by Crippen LogP contribution is -2.18. The predicted molar refractivity (Wildman–Crippen MR) is 75.3 cm³/mol. The molecule has 0 amide bonds. The summed E-state index contributed by atoms with van der Waals surface area (Å²) >= 11 is 6.18. The average Bonchev–Trinajstić information content (AvgIpc) is 2.68. The van der Waals surface area contributed by atoms with Crippen molar-refractivity contribution in [2.24, 2.45) is 5.73 Å². The third-order valence-electron chi connectivity index (χ3n) is 3.81. The first-order valence-electron chi connectivity index (χ1n) is 6.50. The molecule has 0 spiro atoms. The standard InChI is InChI=1S/C15H16ClFN2/c1-9-8-10-13(18)6-3-7-14(10)19(9)15-11(16)4-2-5-12(15)17/h2,4-5,8,13H,3,6-7,18H2,1H3. The molecular weight excluding hydrogens is 263 g/mol. The Labute approximate surface area is 117 Å². The number of nitrogens with zero attached hydrogens (tertiary/aromatic N) is 1. The molecule has 19 heavy (non-hydrogen) atoms. The predicted octanol–water partition coefficient (Wildman–Crippen LogP) is 3.91. The van der Waals surface area contributed by atoms with Gasteiger partial charge >= 0.3 is 0 Å². The van der Waals surface area contributed by atoms with E-state index in [1.807, 2.05) is 11.5 Å². The Balaban J connectivity index is 2.26. The number of rotatable bonds is 1. The Morgan fingerprint density at radius 1 is 1.42 bits per heavy atom. The van der Waals surface area contributed by atoms with E-state index in [4.69, 9.17) is 17.3 Å². The summed E-state index contributed by atoms with van der Waals surface area (Å²) in [7, 11) is 0. The van der Waals surface area contributed by atoms with E-state index in [2.05, 4.69) is 6.07 Å². The van der Waals surface area contributed by atoms with Crippen LogP contribution in [0.15, 0.2) is 24.3 Å². The van der Waals surface area contributed by atoms with Crippen molar-refractivity contribution < 1.29 is 4.39 Å². The van der Waals surface area contributed by atoms with Crippen LogP contribution in [0, 0.1) is 12.7 Å². The fourth-order valence-electron chi connectivity index (χ4n) is 2.95. The van der Waals surface area contributed by atoms with E-state index in [9.17, 15) is 4.39 Å². The van der Waals surface area contributed by atoms with E-state index in [1.165, 1.54) is 6.07 Å². The summed E-state index contributed by atoms with van der Waals surface area (Å²) < 4.78 is 16.0. The lowest BCUT2D eigenvalue weighted by Gasteiger charge is -2.22. The maximum atomic E-state index is 14.1. The summed E-state index contributed by atoms with van der Waals surface area (Å²) in [5, 5.41) is 0.431. The fraction of sp³-hybridized carbons (Fsp3) is 0.333. The van der Waals surface area contributed by atoms with Gasteiger partial charge < -0.3 is 10.3 Å². The van der Waals surface area contributed by atoms with Crippen molar-refractivity contribution in [2.45, 2.75) is 32.2 Å². The molecule has 1 aliphatic carbocycles. The minimum absolute atomic E-state index is 0.0502. The van der Waals surface area contributed by atoms with Crippen molar-refractivity contribution in [3.8, 4) is 5.69 Å². The summed E-state index contributed by atoms with van der Waals surface area (Å²) in [6.45, 7) is 1.97. The molecule has 1 unspecified atom stereocenters. The van der Waals surface area contributed by atoms with Crippen LogP contribution >= 0.6 is 11.6 Å². The summed E-state index contributed by atoms with van der Waals surface area (Å²) in [4.78, 5) is 0. The molecule has 1 aromatic carbocycles. The second-order valence-electron chi connectivity index (χ2n) is 5.09. The molecule has 0 aliphatic heterocycles. The average molecular weight is 279 g/mol. The number of benzene rings is 1. The maximum absolute atomic E-state index is 14.1. The van der Waals surface area contributed by atoms with Crippen LogP contribution in [-0.2, 0) is 6.42 Å². The van der Waals surface area contributed by atoms with E-state index in [0.717, 1.165) is 36.2 Å². The topological polar surface area (TPSA) is 30.9 Å². The van der Waals surface area contributed by atoms with Gasteiger partial charge in [-0.25, -0.2) is 4.39 Å². The number of aromatic nitrogens is 1. The van der Waals surface area contributed by atoms with Crippen molar-refractivity contribution >= 4 is 11.6 Å². The highest BCUT2D eigenvalue weighted by atomic mass is 35.5. The zero-order valence-corrected chi connectivity index (χ0v) is 11.5. The van der Waals surface area contributed by atoms with E-state index in [1.54, 1.807) is 12.1 Å².